The van der Waals surface area contributed by atoms with E-state index in [-0.39, 0.29) is 35.7 Å². The molecule has 2 atom stereocenters. The molecule has 1 heterocycles. The van der Waals surface area contributed by atoms with Crippen LogP contribution < -0.4 is 5.32 Å². The molecule has 2 aromatic rings. The van der Waals surface area contributed by atoms with Crippen LogP contribution in [0.1, 0.15) is 36.6 Å². The zero-order valence-electron chi connectivity index (χ0n) is 13.5. The van der Waals surface area contributed by atoms with Gasteiger partial charge in [0.2, 0.25) is 5.67 Å². The van der Waals surface area contributed by atoms with Crippen molar-refractivity contribution in [2.75, 3.05) is 0 Å². The predicted octanol–water partition coefficient (Wildman–Crippen LogP) is 3.36. The minimum atomic E-state index is -2.29. The topological polar surface area (TPSA) is 62.2 Å². The van der Waals surface area contributed by atoms with Gasteiger partial charge in [-0.2, -0.15) is 0 Å². The molecule has 2 N–H and O–H groups in total. The summed E-state index contributed by atoms with van der Waals surface area (Å²) in [7, 11) is 0. The molecule has 0 fully saturated rings. The predicted molar refractivity (Wildman–Crippen MR) is 89.1 cm³/mol. The first-order valence-corrected chi connectivity index (χ1v) is 8.21. The van der Waals surface area contributed by atoms with Crippen molar-refractivity contribution < 1.29 is 18.7 Å². The van der Waals surface area contributed by atoms with Gasteiger partial charge in [-0.05, 0) is 43.5 Å². The molecule has 1 aromatic heterocycles. The van der Waals surface area contributed by atoms with Crippen LogP contribution in [0.15, 0.2) is 36.5 Å². The molecule has 7 heteroatoms. The van der Waals surface area contributed by atoms with Crippen molar-refractivity contribution in [3.05, 3.63) is 64.2 Å². The fraction of sp³-hybridized carbons (Fsp3) is 0.333. The van der Waals surface area contributed by atoms with E-state index >= 15 is 4.39 Å². The van der Waals surface area contributed by atoms with Gasteiger partial charge < -0.3 is 10.4 Å². The van der Waals surface area contributed by atoms with Crippen LogP contribution in [0.2, 0.25) is 5.02 Å². The van der Waals surface area contributed by atoms with E-state index in [0.29, 0.717) is 5.56 Å². The number of rotatable bonds is 3. The van der Waals surface area contributed by atoms with E-state index in [9.17, 15) is 14.3 Å². The van der Waals surface area contributed by atoms with Crippen LogP contribution in [-0.4, -0.2) is 16.0 Å². The number of aliphatic hydroxyl groups is 1. The second-order valence-electron chi connectivity index (χ2n) is 6.39. The van der Waals surface area contributed by atoms with Crippen molar-refractivity contribution >= 4 is 17.5 Å². The van der Waals surface area contributed by atoms with Gasteiger partial charge in [0.1, 0.15) is 11.4 Å². The zero-order chi connectivity index (χ0) is 18.2. The summed E-state index contributed by atoms with van der Waals surface area (Å²) in [5.74, 6) is -1.32. The van der Waals surface area contributed by atoms with Gasteiger partial charge in [0.15, 0.2) is 0 Å². The summed E-state index contributed by atoms with van der Waals surface area (Å²) < 4.78 is 28.6. The van der Waals surface area contributed by atoms with Crippen LogP contribution in [0.5, 0.6) is 0 Å². The van der Waals surface area contributed by atoms with E-state index in [1.54, 1.807) is 6.92 Å². The smallest absolute Gasteiger partial charge is 0.262 e. The zero-order valence-corrected chi connectivity index (χ0v) is 14.3. The Morgan fingerprint density at radius 2 is 2.16 bits per heavy atom. The number of fused-ring (bicyclic) bond motifs is 1. The maximum Gasteiger partial charge on any atom is 0.262 e. The molecule has 1 amide bonds. The Morgan fingerprint density at radius 1 is 1.40 bits per heavy atom. The number of alkyl halides is 1. The summed E-state index contributed by atoms with van der Waals surface area (Å²) in [6, 6.07) is 6.77. The number of hydrogen-bond donors (Lipinski definition) is 2. The summed E-state index contributed by atoms with van der Waals surface area (Å²) in [6.07, 6.45) is 1.36. The first-order chi connectivity index (χ1) is 11.7. The molecule has 4 nitrogen and oxygen atoms in total. The first-order valence-electron chi connectivity index (χ1n) is 7.83. The maximum atomic E-state index is 15.5. The van der Waals surface area contributed by atoms with Crippen molar-refractivity contribution in [1.82, 2.24) is 10.3 Å². The van der Waals surface area contributed by atoms with E-state index in [1.165, 1.54) is 30.5 Å². The SMILES string of the molecule is CC1(O)CCC(F)(C(=O)NCc2ccc(F)cc2Cl)c2cccnc21. The highest BCUT2D eigenvalue weighted by atomic mass is 35.5. The van der Waals surface area contributed by atoms with E-state index in [0.717, 1.165) is 6.07 Å². The summed E-state index contributed by atoms with van der Waals surface area (Å²) >= 11 is 5.92. The fourth-order valence-corrected chi connectivity index (χ4v) is 3.27. The van der Waals surface area contributed by atoms with Crippen LogP contribution in [0.25, 0.3) is 0 Å². The third-order valence-corrected chi connectivity index (χ3v) is 4.87. The first kappa shape index (κ1) is 17.8. The molecular formula is C18H17ClF2N2O2. The summed E-state index contributed by atoms with van der Waals surface area (Å²) in [4.78, 5) is 16.6. The minimum absolute atomic E-state index is 0.0321. The summed E-state index contributed by atoms with van der Waals surface area (Å²) in [6.45, 7) is 1.52. The number of aromatic nitrogens is 1. The number of carbonyl (C=O) groups is 1. The van der Waals surface area contributed by atoms with Gasteiger partial charge in [0.05, 0.1) is 5.69 Å². The molecule has 2 unspecified atom stereocenters. The number of nitrogens with zero attached hydrogens (tertiary/aromatic N) is 1. The molecular weight excluding hydrogens is 350 g/mol. The van der Waals surface area contributed by atoms with Crippen LogP contribution in [0, 0.1) is 5.82 Å². The number of pyridine rings is 1. The highest BCUT2D eigenvalue weighted by Gasteiger charge is 2.50. The molecule has 0 bridgehead atoms. The van der Waals surface area contributed by atoms with E-state index in [2.05, 4.69) is 10.3 Å². The van der Waals surface area contributed by atoms with Crippen molar-refractivity contribution in [1.29, 1.82) is 0 Å². The van der Waals surface area contributed by atoms with Crippen LogP contribution >= 0.6 is 11.6 Å². The Balaban J connectivity index is 1.84. The van der Waals surface area contributed by atoms with Gasteiger partial charge in [0.25, 0.3) is 5.91 Å². The number of carbonyl (C=O) groups excluding carboxylic acids is 1. The largest absolute Gasteiger partial charge is 0.384 e. The Bertz CT molecular complexity index is 828. The lowest BCUT2D eigenvalue weighted by molar-refractivity contribution is -0.136. The highest BCUT2D eigenvalue weighted by Crippen LogP contribution is 2.45. The van der Waals surface area contributed by atoms with Gasteiger partial charge in [0, 0.05) is 23.3 Å². The molecule has 0 saturated heterocycles. The Labute approximate surface area is 148 Å². The molecule has 0 saturated carbocycles. The normalized spacial score (nSPS) is 25.3. The van der Waals surface area contributed by atoms with Crippen LogP contribution in [0.3, 0.4) is 0 Å². The number of hydrogen-bond acceptors (Lipinski definition) is 3. The molecule has 1 aliphatic carbocycles. The average Bonchev–Trinajstić information content (AvgIpc) is 2.58. The van der Waals surface area contributed by atoms with Crippen molar-refractivity contribution in [3.63, 3.8) is 0 Å². The van der Waals surface area contributed by atoms with E-state index in [4.69, 9.17) is 11.6 Å². The second kappa shape index (κ2) is 6.35. The standard InChI is InChI=1S/C18H17ClF2N2O2/c1-17(25)6-7-18(21,13-3-2-8-22-15(13)17)16(24)23-10-11-4-5-12(20)9-14(11)19/h2-5,8-9,25H,6-7,10H2,1H3,(H,23,24). The molecule has 132 valence electrons. The Morgan fingerprint density at radius 3 is 2.88 bits per heavy atom. The van der Waals surface area contributed by atoms with Crippen molar-refractivity contribution in [3.8, 4) is 0 Å². The summed E-state index contributed by atoms with van der Waals surface area (Å²) in [5.41, 5.74) is -2.87. The Hall–Kier alpha value is -2.05. The number of nitrogens with one attached hydrogen (secondary N) is 1. The van der Waals surface area contributed by atoms with Crippen LogP contribution in [0.4, 0.5) is 8.78 Å². The summed E-state index contributed by atoms with van der Waals surface area (Å²) in [5, 5.41) is 13.1. The fourth-order valence-electron chi connectivity index (χ4n) is 3.04. The molecule has 0 radical (unpaired) electrons. The van der Waals surface area contributed by atoms with Crippen molar-refractivity contribution in [2.45, 2.75) is 37.6 Å². The maximum absolute atomic E-state index is 15.5. The van der Waals surface area contributed by atoms with Crippen molar-refractivity contribution in [2.24, 2.45) is 0 Å². The lowest BCUT2D eigenvalue weighted by Crippen LogP contribution is -2.47. The second-order valence-corrected chi connectivity index (χ2v) is 6.80. The molecule has 3 rings (SSSR count). The van der Waals surface area contributed by atoms with E-state index in [1.807, 2.05) is 0 Å². The number of amides is 1. The van der Waals surface area contributed by atoms with Gasteiger partial charge in [-0.3, -0.25) is 9.78 Å². The molecule has 0 aliphatic heterocycles. The monoisotopic (exact) mass is 366 g/mol. The third kappa shape index (κ3) is 3.24. The number of benzene rings is 1. The lowest BCUT2D eigenvalue weighted by atomic mass is 9.75. The minimum Gasteiger partial charge on any atom is -0.384 e. The molecule has 25 heavy (non-hydrogen) atoms. The quantitative estimate of drug-likeness (QED) is 0.875. The molecule has 0 spiro atoms. The third-order valence-electron chi connectivity index (χ3n) is 4.52. The Kier molecular flexibility index (Phi) is 4.51. The lowest BCUT2D eigenvalue weighted by Gasteiger charge is -2.37. The van der Waals surface area contributed by atoms with Gasteiger partial charge in [-0.15, -0.1) is 0 Å². The molecule has 1 aliphatic rings. The van der Waals surface area contributed by atoms with Crippen LogP contribution in [-0.2, 0) is 22.6 Å². The highest BCUT2D eigenvalue weighted by molar-refractivity contribution is 6.31. The average molecular weight is 367 g/mol. The van der Waals surface area contributed by atoms with E-state index < -0.39 is 23.0 Å². The van der Waals surface area contributed by atoms with Gasteiger partial charge in [-0.25, -0.2) is 8.78 Å². The van der Waals surface area contributed by atoms with Gasteiger partial charge >= 0.3 is 0 Å². The molecule has 1 aromatic carbocycles. The van der Waals surface area contributed by atoms with Gasteiger partial charge in [-0.1, -0.05) is 23.7 Å². The number of halogens is 3.